The Morgan fingerprint density at radius 3 is 2.19 bits per heavy atom. The molecule has 0 unspecified atom stereocenters. The first-order chi connectivity index (χ1) is 9.97. The highest BCUT2D eigenvalue weighted by atomic mass is 79.9. The lowest BCUT2D eigenvalue weighted by Crippen LogP contribution is -2.34. The quantitative estimate of drug-likeness (QED) is 0.548. The topological polar surface area (TPSA) is 15.3 Å². The Hall–Kier alpha value is 0.1000. The molecule has 21 heavy (non-hydrogen) atoms. The Morgan fingerprint density at radius 1 is 1.10 bits per heavy atom. The van der Waals surface area contributed by atoms with E-state index in [9.17, 15) is 0 Å². The summed E-state index contributed by atoms with van der Waals surface area (Å²) < 4.78 is 1.19. The van der Waals surface area contributed by atoms with Crippen LogP contribution in [0.5, 0.6) is 0 Å². The molecule has 0 aromatic carbocycles. The first-order valence-electron chi connectivity index (χ1n) is 8.13. The molecule has 4 heteroatoms. The van der Waals surface area contributed by atoms with Gasteiger partial charge >= 0.3 is 0 Å². The average Bonchev–Trinajstić information content (AvgIpc) is 2.82. The third-order valence-corrected chi connectivity index (χ3v) is 5.27. The van der Waals surface area contributed by atoms with Crippen LogP contribution >= 0.6 is 27.3 Å². The summed E-state index contributed by atoms with van der Waals surface area (Å²) in [5.41, 5.74) is 0. The zero-order valence-corrected chi connectivity index (χ0v) is 16.4. The SMILES string of the molecule is CC(C)CCN(CCNCc1cc(Br)cs1)CCC(C)C. The molecule has 0 fully saturated rings. The van der Waals surface area contributed by atoms with Crippen LogP contribution < -0.4 is 5.32 Å². The van der Waals surface area contributed by atoms with Crippen LogP contribution in [-0.4, -0.2) is 31.1 Å². The molecule has 1 heterocycles. The predicted octanol–water partition coefficient (Wildman–Crippen LogP) is 4.99. The van der Waals surface area contributed by atoms with E-state index in [0.29, 0.717) is 0 Å². The van der Waals surface area contributed by atoms with Crippen LogP contribution in [0.15, 0.2) is 15.9 Å². The van der Waals surface area contributed by atoms with E-state index < -0.39 is 0 Å². The molecule has 0 saturated carbocycles. The zero-order chi connectivity index (χ0) is 15.7. The second-order valence-electron chi connectivity index (χ2n) is 6.61. The minimum Gasteiger partial charge on any atom is -0.311 e. The van der Waals surface area contributed by atoms with E-state index >= 15 is 0 Å². The summed E-state index contributed by atoms with van der Waals surface area (Å²) in [6.07, 6.45) is 2.60. The Labute approximate surface area is 143 Å². The summed E-state index contributed by atoms with van der Waals surface area (Å²) in [5, 5.41) is 5.72. The van der Waals surface area contributed by atoms with Crippen molar-refractivity contribution in [2.75, 3.05) is 26.2 Å². The van der Waals surface area contributed by atoms with E-state index in [0.717, 1.165) is 31.5 Å². The molecular formula is C17H31BrN2S. The van der Waals surface area contributed by atoms with Crippen LogP contribution in [0.2, 0.25) is 0 Å². The first kappa shape index (κ1) is 19.1. The smallest absolute Gasteiger partial charge is 0.0300 e. The van der Waals surface area contributed by atoms with Crippen molar-refractivity contribution in [1.82, 2.24) is 10.2 Å². The number of nitrogens with one attached hydrogen (secondary N) is 1. The molecule has 0 aliphatic carbocycles. The van der Waals surface area contributed by atoms with E-state index in [1.54, 1.807) is 0 Å². The van der Waals surface area contributed by atoms with Gasteiger partial charge in [-0.15, -0.1) is 11.3 Å². The number of halogens is 1. The van der Waals surface area contributed by atoms with Crippen molar-refractivity contribution < 1.29 is 0 Å². The van der Waals surface area contributed by atoms with E-state index in [-0.39, 0.29) is 0 Å². The van der Waals surface area contributed by atoms with Crippen LogP contribution in [0.1, 0.15) is 45.4 Å². The molecule has 0 amide bonds. The summed E-state index contributed by atoms with van der Waals surface area (Å²) >= 11 is 5.32. The second-order valence-corrected chi connectivity index (χ2v) is 8.53. The molecule has 1 rings (SSSR count). The van der Waals surface area contributed by atoms with Gasteiger partial charge in [-0.25, -0.2) is 0 Å². The molecule has 0 radical (unpaired) electrons. The highest BCUT2D eigenvalue weighted by Crippen LogP contribution is 2.19. The standard InChI is InChI=1S/C17H31BrN2S/c1-14(2)5-8-20(9-6-15(3)4)10-7-19-12-17-11-16(18)13-21-17/h11,13-15,19H,5-10,12H2,1-4H3. The van der Waals surface area contributed by atoms with Gasteiger partial charge in [-0.1, -0.05) is 27.7 Å². The zero-order valence-electron chi connectivity index (χ0n) is 14.0. The Morgan fingerprint density at radius 2 is 1.71 bits per heavy atom. The molecule has 1 aromatic heterocycles. The third-order valence-electron chi connectivity index (χ3n) is 3.57. The van der Waals surface area contributed by atoms with Crippen LogP contribution in [-0.2, 0) is 6.54 Å². The molecule has 2 nitrogen and oxygen atoms in total. The number of nitrogens with zero attached hydrogens (tertiary/aromatic N) is 1. The molecule has 122 valence electrons. The molecule has 1 aromatic rings. The van der Waals surface area contributed by atoms with E-state index in [1.165, 1.54) is 35.3 Å². The van der Waals surface area contributed by atoms with Gasteiger partial charge in [0, 0.05) is 34.4 Å². The minimum atomic E-state index is 0.794. The van der Waals surface area contributed by atoms with Gasteiger partial charge in [0.15, 0.2) is 0 Å². The maximum absolute atomic E-state index is 3.57. The fraction of sp³-hybridized carbons (Fsp3) is 0.765. The average molecular weight is 375 g/mol. The minimum absolute atomic E-state index is 0.794. The summed E-state index contributed by atoms with van der Waals surface area (Å²) in [6.45, 7) is 14.9. The van der Waals surface area contributed by atoms with Gasteiger partial charge in [-0.2, -0.15) is 0 Å². The highest BCUT2D eigenvalue weighted by molar-refractivity contribution is 9.10. The molecule has 0 bridgehead atoms. The van der Waals surface area contributed by atoms with Gasteiger partial charge in [0.25, 0.3) is 0 Å². The Kier molecular flexibility index (Phi) is 9.81. The largest absolute Gasteiger partial charge is 0.311 e. The summed E-state index contributed by atoms with van der Waals surface area (Å²) in [5.74, 6) is 1.59. The summed E-state index contributed by atoms with van der Waals surface area (Å²) in [6, 6.07) is 2.20. The van der Waals surface area contributed by atoms with Gasteiger partial charge in [-0.3, -0.25) is 0 Å². The number of rotatable bonds is 11. The number of thiophene rings is 1. The van der Waals surface area contributed by atoms with Gasteiger partial charge in [-0.05, 0) is 59.8 Å². The molecule has 0 aliphatic rings. The van der Waals surface area contributed by atoms with E-state index in [4.69, 9.17) is 0 Å². The summed E-state index contributed by atoms with van der Waals surface area (Å²) in [7, 11) is 0. The van der Waals surface area contributed by atoms with Crippen LogP contribution in [0, 0.1) is 11.8 Å². The summed E-state index contributed by atoms with van der Waals surface area (Å²) in [4.78, 5) is 4.02. The van der Waals surface area contributed by atoms with Crippen molar-refractivity contribution >= 4 is 27.3 Å². The Bertz CT molecular complexity index is 365. The molecule has 0 atom stereocenters. The van der Waals surface area contributed by atoms with Gasteiger partial charge in [0.05, 0.1) is 0 Å². The predicted molar refractivity (Wildman–Crippen MR) is 99.1 cm³/mol. The van der Waals surface area contributed by atoms with E-state index in [1.807, 2.05) is 11.3 Å². The van der Waals surface area contributed by atoms with Crippen molar-refractivity contribution in [3.63, 3.8) is 0 Å². The third kappa shape index (κ3) is 9.67. The maximum Gasteiger partial charge on any atom is 0.0300 e. The number of hydrogen-bond acceptors (Lipinski definition) is 3. The monoisotopic (exact) mass is 374 g/mol. The van der Waals surface area contributed by atoms with Crippen molar-refractivity contribution in [2.45, 2.75) is 47.1 Å². The fourth-order valence-corrected chi connectivity index (χ4v) is 3.53. The van der Waals surface area contributed by atoms with Gasteiger partial charge in [0.2, 0.25) is 0 Å². The molecule has 0 saturated heterocycles. The molecule has 1 N–H and O–H groups in total. The lowest BCUT2D eigenvalue weighted by Gasteiger charge is -2.24. The molecule has 0 aliphatic heterocycles. The highest BCUT2D eigenvalue weighted by Gasteiger charge is 2.07. The van der Waals surface area contributed by atoms with Crippen LogP contribution in [0.25, 0.3) is 0 Å². The van der Waals surface area contributed by atoms with E-state index in [2.05, 4.69) is 65.3 Å². The second kappa shape index (κ2) is 10.8. The van der Waals surface area contributed by atoms with Gasteiger partial charge in [0.1, 0.15) is 0 Å². The van der Waals surface area contributed by atoms with Crippen LogP contribution in [0.4, 0.5) is 0 Å². The van der Waals surface area contributed by atoms with Gasteiger partial charge < -0.3 is 10.2 Å². The maximum atomic E-state index is 3.57. The van der Waals surface area contributed by atoms with Crippen molar-refractivity contribution in [3.05, 3.63) is 20.8 Å². The molecular weight excluding hydrogens is 344 g/mol. The lowest BCUT2D eigenvalue weighted by molar-refractivity contribution is 0.243. The first-order valence-corrected chi connectivity index (χ1v) is 9.80. The number of hydrogen-bond donors (Lipinski definition) is 1. The van der Waals surface area contributed by atoms with Crippen molar-refractivity contribution in [3.8, 4) is 0 Å². The van der Waals surface area contributed by atoms with Crippen molar-refractivity contribution in [2.24, 2.45) is 11.8 Å². The van der Waals surface area contributed by atoms with Crippen molar-refractivity contribution in [1.29, 1.82) is 0 Å². The lowest BCUT2D eigenvalue weighted by atomic mass is 10.1. The fourth-order valence-electron chi connectivity index (χ4n) is 2.11. The molecule has 0 spiro atoms. The Balaban J connectivity index is 2.23. The normalized spacial score (nSPS) is 12.0. The van der Waals surface area contributed by atoms with Crippen LogP contribution in [0.3, 0.4) is 0 Å².